The van der Waals surface area contributed by atoms with E-state index in [0.717, 1.165) is 0 Å². The van der Waals surface area contributed by atoms with E-state index in [2.05, 4.69) is 5.32 Å². The summed E-state index contributed by atoms with van der Waals surface area (Å²) in [4.78, 5) is 35.7. The number of nitrogens with zero attached hydrogens (tertiary/aromatic N) is 1. The summed E-state index contributed by atoms with van der Waals surface area (Å²) >= 11 is 0. The lowest BCUT2D eigenvalue weighted by Crippen LogP contribution is -2.49. The van der Waals surface area contributed by atoms with E-state index in [4.69, 9.17) is 10.8 Å². The Kier molecular flexibility index (Phi) is 5.29. The molecule has 0 saturated carbocycles. The van der Waals surface area contributed by atoms with Crippen molar-refractivity contribution in [2.24, 2.45) is 11.7 Å². The normalized spacial score (nSPS) is 20.4. The fourth-order valence-electron chi connectivity index (χ4n) is 2.01. The van der Waals surface area contributed by atoms with Gasteiger partial charge in [0.25, 0.3) is 0 Å². The number of nitrogens with two attached hydrogens (primary N) is 1. The van der Waals surface area contributed by atoms with E-state index in [9.17, 15) is 14.4 Å². The molecule has 7 nitrogen and oxygen atoms in total. The fourth-order valence-corrected chi connectivity index (χ4v) is 2.01. The predicted octanol–water partition coefficient (Wildman–Crippen LogP) is -0.838. The van der Waals surface area contributed by atoms with Crippen molar-refractivity contribution in [3.8, 4) is 0 Å². The molecule has 0 aromatic carbocycles. The lowest BCUT2D eigenvalue weighted by atomic mass is 10.1. The van der Waals surface area contributed by atoms with E-state index in [1.807, 2.05) is 13.8 Å². The lowest BCUT2D eigenvalue weighted by Gasteiger charge is -2.22. The number of carbonyl (C=O) groups excluding carboxylic acids is 2. The third kappa shape index (κ3) is 3.92. The summed E-state index contributed by atoms with van der Waals surface area (Å²) in [7, 11) is 0. The van der Waals surface area contributed by atoms with Crippen LogP contribution < -0.4 is 11.1 Å². The second-order valence-electron chi connectivity index (χ2n) is 5.07. The molecule has 0 unspecified atom stereocenters. The molecule has 1 saturated heterocycles. The molecule has 0 aliphatic carbocycles. The molecule has 1 aliphatic heterocycles. The number of nitrogens with one attached hydrogen (secondary N) is 1. The SMILES string of the molecule is CC(C)[C@H](N)C(=O)NCC(=O)N1CCC[C@@H]1C(=O)O. The average molecular weight is 271 g/mol. The maximum atomic E-state index is 11.9. The molecule has 0 bridgehead atoms. The van der Waals surface area contributed by atoms with Crippen molar-refractivity contribution in [2.45, 2.75) is 38.8 Å². The monoisotopic (exact) mass is 271 g/mol. The van der Waals surface area contributed by atoms with Crippen LogP contribution in [-0.4, -0.2) is 53.0 Å². The summed E-state index contributed by atoms with van der Waals surface area (Å²) in [6.45, 7) is 3.84. The number of hydrogen-bond acceptors (Lipinski definition) is 4. The van der Waals surface area contributed by atoms with Crippen LogP contribution in [0.25, 0.3) is 0 Å². The van der Waals surface area contributed by atoms with E-state index in [0.29, 0.717) is 19.4 Å². The van der Waals surface area contributed by atoms with Gasteiger partial charge in [-0.05, 0) is 18.8 Å². The number of carbonyl (C=O) groups is 3. The van der Waals surface area contributed by atoms with Crippen molar-refractivity contribution >= 4 is 17.8 Å². The van der Waals surface area contributed by atoms with Gasteiger partial charge in [-0.15, -0.1) is 0 Å². The van der Waals surface area contributed by atoms with Crippen LogP contribution in [0.4, 0.5) is 0 Å². The zero-order valence-corrected chi connectivity index (χ0v) is 11.3. The Labute approximate surface area is 112 Å². The number of rotatable bonds is 5. The first-order chi connectivity index (χ1) is 8.84. The molecule has 0 spiro atoms. The molecule has 0 radical (unpaired) electrons. The molecular formula is C12H21N3O4. The highest BCUT2D eigenvalue weighted by atomic mass is 16.4. The average Bonchev–Trinajstić information content (AvgIpc) is 2.83. The summed E-state index contributed by atoms with van der Waals surface area (Å²) in [6.07, 6.45) is 1.13. The number of hydrogen-bond donors (Lipinski definition) is 3. The number of carboxylic acids is 1. The van der Waals surface area contributed by atoms with Gasteiger partial charge in [0.15, 0.2) is 0 Å². The summed E-state index contributed by atoms with van der Waals surface area (Å²) in [5.41, 5.74) is 5.64. The Hall–Kier alpha value is -1.63. The fraction of sp³-hybridized carbons (Fsp3) is 0.750. The third-order valence-electron chi connectivity index (χ3n) is 3.29. The molecule has 108 valence electrons. The molecule has 1 aliphatic rings. The molecule has 1 heterocycles. The van der Waals surface area contributed by atoms with Crippen molar-refractivity contribution in [1.29, 1.82) is 0 Å². The van der Waals surface area contributed by atoms with Crippen LogP contribution in [0.1, 0.15) is 26.7 Å². The summed E-state index contributed by atoms with van der Waals surface area (Å²) in [5.74, 6) is -1.80. The van der Waals surface area contributed by atoms with Crippen LogP contribution in [0.15, 0.2) is 0 Å². The van der Waals surface area contributed by atoms with Gasteiger partial charge in [-0.3, -0.25) is 9.59 Å². The largest absolute Gasteiger partial charge is 0.480 e. The Morgan fingerprint density at radius 2 is 2.05 bits per heavy atom. The quantitative estimate of drug-likeness (QED) is 0.603. The first-order valence-electron chi connectivity index (χ1n) is 6.40. The van der Waals surface area contributed by atoms with E-state index in [-0.39, 0.29) is 18.4 Å². The Balaban J connectivity index is 2.47. The van der Waals surface area contributed by atoms with Gasteiger partial charge in [-0.1, -0.05) is 13.8 Å². The lowest BCUT2D eigenvalue weighted by molar-refractivity contribution is -0.148. The van der Waals surface area contributed by atoms with Gasteiger partial charge in [0.05, 0.1) is 12.6 Å². The smallest absolute Gasteiger partial charge is 0.326 e. The zero-order chi connectivity index (χ0) is 14.6. The second-order valence-corrected chi connectivity index (χ2v) is 5.07. The van der Waals surface area contributed by atoms with Gasteiger partial charge < -0.3 is 21.1 Å². The van der Waals surface area contributed by atoms with Crippen LogP contribution in [0.3, 0.4) is 0 Å². The minimum Gasteiger partial charge on any atom is -0.480 e. The number of amides is 2. The molecule has 1 fully saturated rings. The third-order valence-corrected chi connectivity index (χ3v) is 3.29. The van der Waals surface area contributed by atoms with E-state index in [1.54, 1.807) is 0 Å². The molecule has 0 aromatic rings. The number of aliphatic carboxylic acids is 1. The predicted molar refractivity (Wildman–Crippen MR) is 68.2 cm³/mol. The van der Waals surface area contributed by atoms with Gasteiger partial charge in [-0.25, -0.2) is 4.79 Å². The zero-order valence-electron chi connectivity index (χ0n) is 11.3. The maximum absolute atomic E-state index is 11.9. The van der Waals surface area contributed by atoms with Crippen LogP contribution in [-0.2, 0) is 14.4 Å². The molecule has 19 heavy (non-hydrogen) atoms. The number of carboxylic acid groups (broad SMARTS) is 1. The topological polar surface area (TPSA) is 113 Å². The van der Waals surface area contributed by atoms with E-state index in [1.165, 1.54) is 4.90 Å². The first-order valence-corrected chi connectivity index (χ1v) is 6.40. The highest BCUT2D eigenvalue weighted by molar-refractivity contribution is 5.89. The van der Waals surface area contributed by atoms with Crippen molar-refractivity contribution in [1.82, 2.24) is 10.2 Å². The minimum absolute atomic E-state index is 0.0198. The van der Waals surface area contributed by atoms with Gasteiger partial charge in [0.1, 0.15) is 6.04 Å². The molecule has 0 aromatic heterocycles. The molecule has 1 rings (SSSR count). The molecule has 4 N–H and O–H groups in total. The van der Waals surface area contributed by atoms with Crippen LogP contribution in [0.2, 0.25) is 0 Å². The highest BCUT2D eigenvalue weighted by Gasteiger charge is 2.33. The van der Waals surface area contributed by atoms with Crippen molar-refractivity contribution in [3.05, 3.63) is 0 Å². The van der Waals surface area contributed by atoms with Crippen molar-refractivity contribution in [2.75, 3.05) is 13.1 Å². The van der Waals surface area contributed by atoms with Gasteiger partial charge >= 0.3 is 5.97 Å². The summed E-state index contributed by atoms with van der Waals surface area (Å²) in [5, 5.41) is 11.4. The molecule has 2 amide bonds. The Morgan fingerprint density at radius 1 is 1.42 bits per heavy atom. The Morgan fingerprint density at radius 3 is 2.58 bits per heavy atom. The van der Waals surface area contributed by atoms with E-state index < -0.39 is 24.0 Å². The van der Waals surface area contributed by atoms with Crippen LogP contribution >= 0.6 is 0 Å². The highest BCUT2D eigenvalue weighted by Crippen LogP contribution is 2.17. The maximum Gasteiger partial charge on any atom is 0.326 e. The summed E-state index contributed by atoms with van der Waals surface area (Å²) < 4.78 is 0. The van der Waals surface area contributed by atoms with Crippen molar-refractivity contribution in [3.63, 3.8) is 0 Å². The van der Waals surface area contributed by atoms with Gasteiger partial charge in [-0.2, -0.15) is 0 Å². The summed E-state index contributed by atoms with van der Waals surface area (Å²) in [6, 6.07) is -1.44. The standard InChI is InChI=1S/C12H21N3O4/c1-7(2)10(13)11(17)14-6-9(16)15-5-3-4-8(15)12(18)19/h7-8,10H,3-6,13H2,1-2H3,(H,14,17)(H,18,19)/t8-,10+/m1/s1. The molecule has 7 heteroatoms. The molecule has 2 atom stereocenters. The first kappa shape index (κ1) is 15.4. The van der Waals surface area contributed by atoms with Gasteiger partial charge in [0, 0.05) is 6.54 Å². The minimum atomic E-state index is -1.00. The van der Waals surface area contributed by atoms with Crippen LogP contribution in [0.5, 0.6) is 0 Å². The Bertz CT molecular complexity index is 370. The van der Waals surface area contributed by atoms with E-state index >= 15 is 0 Å². The second kappa shape index (κ2) is 6.51. The van der Waals surface area contributed by atoms with Crippen molar-refractivity contribution < 1.29 is 19.5 Å². The molecular weight excluding hydrogens is 250 g/mol. The van der Waals surface area contributed by atoms with Crippen LogP contribution in [0, 0.1) is 5.92 Å². The van der Waals surface area contributed by atoms with Gasteiger partial charge in [0.2, 0.25) is 11.8 Å². The number of likely N-dealkylation sites (tertiary alicyclic amines) is 1.